The summed E-state index contributed by atoms with van der Waals surface area (Å²) in [6, 6.07) is 6.41. The van der Waals surface area contributed by atoms with E-state index in [1.54, 1.807) is 0 Å². The number of aromatic nitrogens is 4. The van der Waals surface area contributed by atoms with Gasteiger partial charge < -0.3 is 5.11 Å². The predicted octanol–water partition coefficient (Wildman–Crippen LogP) is 1.24. The number of benzene rings is 1. The number of nitrogens with zero attached hydrogens (tertiary/aromatic N) is 5. The van der Waals surface area contributed by atoms with E-state index in [0.717, 1.165) is 42.0 Å². The van der Waals surface area contributed by atoms with Gasteiger partial charge in [0.15, 0.2) is 5.82 Å². The third-order valence-electron chi connectivity index (χ3n) is 4.24. The fourth-order valence-electron chi connectivity index (χ4n) is 3.11. The highest BCUT2D eigenvalue weighted by Gasteiger charge is 2.26. The molecule has 1 atom stereocenters. The summed E-state index contributed by atoms with van der Waals surface area (Å²) in [4.78, 5) is 2.26. The van der Waals surface area contributed by atoms with Gasteiger partial charge in [0.05, 0.1) is 18.8 Å². The Bertz CT molecular complexity index is 604. The van der Waals surface area contributed by atoms with E-state index in [1.807, 2.05) is 10.7 Å². The van der Waals surface area contributed by atoms with E-state index in [2.05, 4.69) is 46.4 Å². The molecule has 6 heteroatoms. The first-order chi connectivity index (χ1) is 10.2. The lowest BCUT2D eigenvalue weighted by Crippen LogP contribution is -2.32. The molecule has 21 heavy (non-hydrogen) atoms. The third-order valence-corrected chi connectivity index (χ3v) is 4.24. The molecule has 112 valence electrons. The summed E-state index contributed by atoms with van der Waals surface area (Å²) in [6.07, 6.45) is 2.16. The van der Waals surface area contributed by atoms with Crippen molar-refractivity contribution in [2.45, 2.75) is 39.3 Å². The second-order valence-corrected chi connectivity index (χ2v) is 5.70. The van der Waals surface area contributed by atoms with Crippen LogP contribution in [-0.4, -0.2) is 49.4 Å². The number of para-hydroxylation sites is 1. The maximum atomic E-state index is 9.44. The van der Waals surface area contributed by atoms with E-state index in [-0.39, 0.29) is 12.6 Å². The number of aryl methyl sites for hydroxylation is 2. The van der Waals surface area contributed by atoms with Crippen molar-refractivity contribution in [2.75, 3.05) is 13.2 Å². The van der Waals surface area contributed by atoms with Crippen LogP contribution in [0.3, 0.4) is 0 Å². The van der Waals surface area contributed by atoms with Gasteiger partial charge in [0, 0.05) is 6.04 Å². The molecule has 0 bridgehead atoms. The molecule has 0 spiro atoms. The maximum absolute atomic E-state index is 9.44. The zero-order valence-electron chi connectivity index (χ0n) is 12.5. The normalized spacial score (nSPS) is 19.3. The number of likely N-dealkylation sites (tertiary alicyclic amines) is 1. The quantitative estimate of drug-likeness (QED) is 0.916. The highest BCUT2D eigenvalue weighted by Crippen LogP contribution is 2.22. The summed E-state index contributed by atoms with van der Waals surface area (Å²) in [5.41, 5.74) is 3.37. The van der Waals surface area contributed by atoms with Gasteiger partial charge in [-0.25, -0.2) is 0 Å². The highest BCUT2D eigenvalue weighted by atomic mass is 16.3. The summed E-state index contributed by atoms with van der Waals surface area (Å²) >= 11 is 0. The first-order valence-electron chi connectivity index (χ1n) is 7.39. The first kappa shape index (κ1) is 14.2. The molecule has 1 N–H and O–H groups in total. The summed E-state index contributed by atoms with van der Waals surface area (Å²) in [5, 5.41) is 21.6. The van der Waals surface area contributed by atoms with Crippen LogP contribution in [-0.2, 0) is 6.54 Å². The Morgan fingerprint density at radius 1 is 1.29 bits per heavy atom. The van der Waals surface area contributed by atoms with Gasteiger partial charge >= 0.3 is 0 Å². The Labute approximate surface area is 124 Å². The van der Waals surface area contributed by atoms with Crippen LogP contribution in [0.1, 0.15) is 29.8 Å². The Kier molecular flexibility index (Phi) is 3.98. The summed E-state index contributed by atoms with van der Waals surface area (Å²) < 4.78 is 1.83. The van der Waals surface area contributed by atoms with Crippen molar-refractivity contribution < 1.29 is 5.11 Å². The Hall–Kier alpha value is -1.79. The van der Waals surface area contributed by atoms with Crippen LogP contribution in [0.15, 0.2) is 18.2 Å². The lowest BCUT2D eigenvalue weighted by atomic mass is 10.1. The lowest BCUT2D eigenvalue weighted by Gasteiger charge is -2.22. The molecule has 1 aromatic heterocycles. The molecule has 1 aliphatic heterocycles. The van der Waals surface area contributed by atoms with E-state index in [4.69, 9.17) is 0 Å². The van der Waals surface area contributed by atoms with Gasteiger partial charge in [-0.15, -0.1) is 5.10 Å². The molecule has 0 saturated carbocycles. The minimum Gasteiger partial charge on any atom is -0.395 e. The topological polar surface area (TPSA) is 67.1 Å². The van der Waals surface area contributed by atoms with Crippen LogP contribution in [0, 0.1) is 13.8 Å². The Morgan fingerprint density at radius 2 is 2.05 bits per heavy atom. The molecule has 1 fully saturated rings. The van der Waals surface area contributed by atoms with Crippen molar-refractivity contribution in [3.05, 3.63) is 35.2 Å². The first-order valence-corrected chi connectivity index (χ1v) is 7.39. The minimum absolute atomic E-state index is 0.199. The summed E-state index contributed by atoms with van der Waals surface area (Å²) in [7, 11) is 0. The molecule has 1 aliphatic rings. The molecule has 0 amide bonds. The van der Waals surface area contributed by atoms with E-state index in [9.17, 15) is 5.11 Å². The van der Waals surface area contributed by atoms with Crippen molar-refractivity contribution in [2.24, 2.45) is 0 Å². The minimum atomic E-state index is 0.199. The van der Waals surface area contributed by atoms with Crippen molar-refractivity contribution in [1.29, 1.82) is 0 Å². The monoisotopic (exact) mass is 287 g/mol. The standard InChI is InChI=1S/C15H21N5O/c1-11-5-3-6-12(2)15(11)20-14(16-17-18-20)9-19-8-4-7-13(19)10-21/h3,5-6,13,21H,4,7-10H2,1-2H3/t13-/m0/s1. The number of aliphatic hydroxyl groups is 1. The molecular weight excluding hydrogens is 266 g/mol. The number of hydrogen-bond donors (Lipinski definition) is 1. The lowest BCUT2D eigenvalue weighted by molar-refractivity contribution is 0.150. The molecular formula is C15H21N5O. The number of rotatable bonds is 4. The van der Waals surface area contributed by atoms with E-state index >= 15 is 0 Å². The van der Waals surface area contributed by atoms with Crippen LogP contribution in [0.4, 0.5) is 0 Å². The van der Waals surface area contributed by atoms with E-state index < -0.39 is 0 Å². The molecule has 0 aliphatic carbocycles. The number of hydrogen-bond acceptors (Lipinski definition) is 5. The number of tetrazole rings is 1. The van der Waals surface area contributed by atoms with Crippen molar-refractivity contribution in [3.8, 4) is 5.69 Å². The van der Waals surface area contributed by atoms with Crippen molar-refractivity contribution >= 4 is 0 Å². The average Bonchev–Trinajstić information content (AvgIpc) is 3.09. The maximum Gasteiger partial charge on any atom is 0.170 e. The van der Waals surface area contributed by atoms with Gasteiger partial charge in [-0.2, -0.15) is 4.68 Å². The van der Waals surface area contributed by atoms with E-state index in [0.29, 0.717) is 6.54 Å². The van der Waals surface area contributed by atoms with Gasteiger partial charge in [0.1, 0.15) is 0 Å². The second kappa shape index (κ2) is 5.91. The molecule has 0 radical (unpaired) electrons. The van der Waals surface area contributed by atoms with Gasteiger partial charge in [-0.05, 0) is 54.8 Å². The fourth-order valence-corrected chi connectivity index (χ4v) is 3.11. The molecule has 1 aromatic carbocycles. The van der Waals surface area contributed by atoms with E-state index in [1.165, 1.54) is 0 Å². The molecule has 3 rings (SSSR count). The fraction of sp³-hybridized carbons (Fsp3) is 0.533. The summed E-state index contributed by atoms with van der Waals surface area (Å²) in [6.45, 7) is 6.00. The van der Waals surface area contributed by atoms with Gasteiger partial charge in [0.25, 0.3) is 0 Å². The zero-order valence-corrected chi connectivity index (χ0v) is 12.5. The summed E-state index contributed by atoms with van der Waals surface area (Å²) in [5.74, 6) is 0.827. The third kappa shape index (κ3) is 2.69. The average molecular weight is 287 g/mol. The smallest absolute Gasteiger partial charge is 0.170 e. The zero-order chi connectivity index (χ0) is 14.8. The molecule has 0 unspecified atom stereocenters. The molecule has 2 aromatic rings. The number of aliphatic hydroxyl groups excluding tert-OH is 1. The predicted molar refractivity (Wildman–Crippen MR) is 79.1 cm³/mol. The van der Waals surface area contributed by atoms with Crippen molar-refractivity contribution in [1.82, 2.24) is 25.1 Å². The van der Waals surface area contributed by atoms with Gasteiger partial charge in [0.2, 0.25) is 0 Å². The largest absolute Gasteiger partial charge is 0.395 e. The van der Waals surface area contributed by atoms with Gasteiger partial charge in [-0.1, -0.05) is 18.2 Å². The van der Waals surface area contributed by atoms with Gasteiger partial charge in [-0.3, -0.25) is 4.90 Å². The van der Waals surface area contributed by atoms with Crippen molar-refractivity contribution in [3.63, 3.8) is 0 Å². The van der Waals surface area contributed by atoms with Crippen LogP contribution in [0.5, 0.6) is 0 Å². The van der Waals surface area contributed by atoms with Crippen LogP contribution < -0.4 is 0 Å². The second-order valence-electron chi connectivity index (χ2n) is 5.70. The molecule has 6 nitrogen and oxygen atoms in total. The SMILES string of the molecule is Cc1cccc(C)c1-n1nnnc1CN1CCC[C@H]1CO. The molecule has 1 saturated heterocycles. The molecule has 2 heterocycles. The Morgan fingerprint density at radius 3 is 2.76 bits per heavy atom. The van der Waals surface area contributed by atoms with Crippen LogP contribution in [0.2, 0.25) is 0 Å². The Balaban J connectivity index is 1.91. The highest BCUT2D eigenvalue weighted by molar-refractivity contribution is 5.46. The van der Waals surface area contributed by atoms with Crippen LogP contribution >= 0.6 is 0 Å². The van der Waals surface area contributed by atoms with Crippen LogP contribution in [0.25, 0.3) is 5.69 Å².